The molecular formula is C26H42O6Si2. The summed E-state index contributed by atoms with van der Waals surface area (Å²) in [6.45, 7) is 19.7. The van der Waals surface area contributed by atoms with E-state index in [1.807, 2.05) is 6.92 Å². The molecule has 0 aromatic heterocycles. The number of hydrogen-bond acceptors (Lipinski definition) is 6. The van der Waals surface area contributed by atoms with Crippen molar-refractivity contribution in [2.75, 3.05) is 7.11 Å². The molecule has 190 valence electrons. The molecule has 6 nitrogen and oxygen atoms in total. The molecule has 9 atom stereocenters. The van der Waals surface area contributed by atoms with Crippen LogP contribution >= 0.6 is 0 Å². The molecule has 0 N–H and O–H groups in total. The van der Waals surface area contributed by atoms with Gasteiger partial charge in [-0.1, -0.05) is 12.2 Å². The minimum atomic E-state index is -1.92. The van der Waals surface area contributed by atoms with Crippen molar-refractivity contribution in [1.82, 2.24) is 0 Å². The fourth-order valence-electron chi connectivity index (χ4n) is 8.90. The largest absolute Gasteiger partial charge is 0.469 e. The number of esters is 2. The molecule has 1 saturated heterocycles. The number of ether oxygens (including phenoxy) is 2. The zero-order chi connectivity index (χ0) is 25.1. The molecule has 4 aliphatic carbocycles. The van der Waals surface area contributed by atoms with Crippen LogP contribution in [0, 0.1) is 34.5 Å². The van der Waals surface area contributed by atoms with Gasteiger partial charge in [0.05, 0.1) is 30.7 Å². The van der Waals surface area contributed by atoms with E-state index < -0.39 is 27.7 Å². The molecule has 5 fully saturated rings. The van der Waals surface area contributed by atoms with Crippen molar-refractivity contribution in [3.8, 4) is 0 Å². The van der Waals surface area contributed by atoms with E-state index in [-0.39, 0.29) is 53.2 Å². The van der Waals surface area contributed by atoms with Crippen LogP contribution in [0.25, 0.3) is 0 Å². The van der Waals surface area contributed by atoms with E-state index in [2.05, 4.69) is 45.9 Å². The van der Waals surface area contributed by atoms with Gasteiger partial charge in [0.1, 0.15) is 5.60 Å². The van der Waals surface area contributed by atoms with Crippen LogP contribution < -0.4 is 0 Å². The van der Waals surface area contributed by atoms with Crippen molar-refractivity contribution in [2.45, 2.75) is 96.1 Å². The second-order valence-corrected chi connectivity index (χ2v) is 22.7. The van der Waals surface area contributed by atoms with Gasteiger partial charge in [-0.3, -0.25) is 9.59 Å². The molecular weight excluding hydrogens is 464 g/mol. The molecule has 1 aliphatic heterocycles. The molecule has 5 aliphatic rings. The standard InChI is InChI=1S/C26H42O6Si2/c1-15-13-25-14-16(15)17(31-33(4,5)6)12-18(25)26-11-10-19(32-34(7,8)9)24(2,23(28)30-26)21(26)20(25)22(27)29-3/h16-21H,1,10-14H2,2-9H3/t16-,17+,18?,19+,20-,21?,24?,25+,26-/m1/s1. The molecule has 8 heteroatoms. The first-order valence-electron chi connectivity index (χ1n) is 12.9. The van der Waals surface area contributed by atoms with Crippen LogP contribution in [0.3, 0.4) is 0 Å². The van der Waals surface area contributed by atoms with E-state index >= 15 is 0 Å². The molecule has 0 aromatic rings. The lowest BCUT2D eigenvalue weighted by molar-refractivity contribution is -0.165. The lowest BCUT2D eigenvalue weighted by Crippen LogP contribution is -2.56. The fourth-order valence-corrected chi connectivity index (χ4v) is 11.3. The first kappa shape index (κ1) is 24.7. The summed E-state index contributed by atoms with van der Waals surface area (Å²) < 4.78 is 25.3. The first-order chi connectivity index (χ1) is 15.6. The van der Waals surface area contributed by atoms with E-state index in [1.54, 1.807) is 0 Å². The van der Waals surface area contributed by atoms with E-state index in [1.165, 1.54) is 12.7 Å². The maximum Gasteiger partial charge on any atom is 0.315 e. The van der Waals surface area contributed by atoms with Crippen LogP contribution in [0.5, 0.6) is 0 Å². The molecule has 1 heterocycles. The van der Waals surface area contributed by atoms with E-state index in [0.29, 0.717) is 0 Å². The Labute approximate surface area is 206 Å². The van der Waals surface area contributed by atoms with Crippen LogP contribution in [0.15, 0.2) is 12.2 Å². The first-order valence-corrected chi connectivity index (χ1v) is 19.8. The summed E-state index contributed by atoms with van der Waals surface area (Å²) in [4.78, 5) is 27.3. The fraction of sp³-hybridized carbons (Fsp3) is 0.846. The minimum absolute atomic E-state index is 0.0737. The summed E-state index contributed by atoms with van der Waals surface area (Å²) in [5.41, 5.74) is -0.593. The Bertz CT molecular complexity index is 937. The van der Waals surface area contributed by atoms with Gasteiger partial charge in [-0.2, -0.15) is 0 Å². The predicted octanol–water partition coefficient (Wildman–Crippen LogP) is 4.91. The van der Waals surface area contributed by atoms with Crippen molar-refractivity contribution in [1.29, 1.82) is 0 Å². The highest BCUT2D eigenvalue weighted by Crippen LogP contribution is 2.78. The van der Waals surface area contributed by atoms with Gasteiger partial charge in [0.25, 0.3) is 0 Å². The second kappa shape index (κ2) is 7.29. The molecule has 34 heavy (non-hydrogen) atoms. The summed E-state index contributed by atoms with van der Waals surface area (Å²) in [6, 6.07) is 0. The van der Waals surface area contributed by atoms with Crippen molar-refractivity contribution < 1.29 is 27.9 Å². The second-order valence-electron chi connectivity index (χ2n) is 13.8. The third-order valence-corrected chi connectivity index (χ3v) is 11.7. The number of fused-ring (bicyclic) bond motifs is 1. The lowest BCUT2D eigenvalue weighted by atomic mass is 9.59. The van der Waals surface area contributed by atoms with Crippen LogP contribution in [0.1, 0.15) is 39.0 Å². The maximum atomic E-state index is 13.7. The Morgan fingerprint density at radius 1 is 1.12 bits per heavy atom. The number of carbonyl (C=O) groups excluding carboxylic acids is 2. The van der Waals surface area contributed by atoms with Crippen LogP contribution in [0.2, 0.25) is 39.3 Å². The summed E-state index contributed by atoms with van der Waals surface area (Å²) >= 11 is 0. The summed E-state index contributed by atoms with van der Waals surface area (Å²) in [5.74, 6) is -0.692. The number of carbonyl (C=O) groups is 2. The van der Waals surface area contributed by atoms with Gasteiger partial charge in [0.15, 0.2) is 16.6 Å². The molecule has 5 rings (SSSR count). The molecule has 3 unspecified atom stereocenters. The summed E-state index contributed by atoms with van der Waals surface area (Å²) in [5, 5.41) is 0. The molecule has 4 saturated carbocycles. The highest BCUT2D eigenvalue weighted by Gasteiger charge is 2.84. The Morgan fingerprint density at radius 2 is 1.76 bits per heavy atom. The van der Waals surface area contributed by atoms with Gasteiger partial charge in [-0.25, -0.2) is 0 Å². The smallest absolute Gasteiger partial charge is 0.315 e. The van der Waals surface area contributed by atoms with Crippen molar-refractivity contribution in [3.05, 3.63) is 12.2 Å². The topological polar surface area (TPSA) is 71.1 Å². The Kier molecular flexibility index (Phi) is 5.30. The molecule has 0 aromatic carbocycles. The highest BCUT2D eigenvalue weighted by molar-refractivity contribution is 6.70. The maximum absolute atomic E-state index is 13.7. The van der Waals surface area contributed by atoms with Gasteiger partial charge >= 0.3 is 11.9 Å². The Hall–Kier alpha value is -0.966. The lowest BCUT2D eigenvalue weighted by Gasteiger charge is -2.48. The van der Waals surface area contributed by atoms with E-state index in [9.17, 15) is 9.59 Å². The highest BCUT2D eigenvalue weighted by atomic mass is 28.4. The molecule has 0 amide bonds. The Morgan fingerprint density at radius 3 is 2.35 bits per heavy atom. The zero-order valence-corrected chi connectivity index (χ0v) is 24.2. The van der Waals surface area contributed by atoms with Crippen LogP contribution in [0.4, 0.5) is 0 Å². The monoisotopic (exact) mass is 506 g/mol. The normalized spacial score (nSPS) is 47.3. The van der Waals surface area contributed by atoms with Crippen molar-refractivity contribution in [2.24, 2.45) is 34.5 Å². The van der Waals surface area contributed by atoms with E-state index in [4.69, 9.17) is 18.3 Å². The number of methoxy groups -OCH3 is 1. The molecule has 1 spiro atoms. The van der Waals surface area contributed by atoms with Gasteiger partial charge in [0.2, 0.25) is 0 Å². The summed E-state index contributed by atoms with van der Waals surface area (Å²) in [6.07, 6.45) is 3.85. The van der Waals surface area contributed by atoms with Gasteiger partial charge < -0.3 is 18.3 Å². The quantitative estimate of drug-likeness (QED) is 0.300. The third kappa shape index (κ3) is 3.17. The summed E-state index contributed by atoms with van der Waals surface area (Å²) in [7, 11) is -2.24. The van der Waals surface area contributed by atoms with Gasteiger partial charge in [-0.15, -0.1) is 0 Å². The third-order valence-electron chi connectivity index (χ3n) is 9.65. The van der Waals surface area contributed by atoms with Gasteiger partial charge in [-0.05, 0) is 83.7 Å². The van der Waals surface area contributed by atoms with Crippen LogP contribution in [-0.4, -0.2) is 53.5 Å². The van der Waals surface area contributed by atoms with Crippen LogP contribution in [-0.2, 0) is 27.9 Å². The average Bonchev–Trinajstić information content (AvgIpc) is 3.18. The van der Waals surface area contributed by atoms with Crippen molar-refractivity contribution in [3.63, 3.8) is 0 Å². The Balaban J connectivity index is 1.65. The average molecular weight is 507 g/mol. The van der Waals surface area contributed by atoms with Gasteiger partial charge in [0, 0.05) is 17.8 Å². The molecule has 4 bridgehead atoms. The zero-order valence-electron chi connectivity index (χ0n) is 22.2. The van der Waals surface area contributed by atoms with Crippen molar-refractivity contribution >= 4 is 28.6 Å². The number of hydrogen-bond donors (Lipinski definition) is 0. The number of rotatable bonds is 5. The minimum Gasteiger partial charge on any atom is -0.469 e. The van der Waals surface area contributed by atoms with E-state index in [0.717, 1.165) is 32.1 Å². The molecule has 0 radical (unpaired) electrons. The predicted molar refractivity (Wildman–Crippen MR) is 134 cm³/mol. The SMILES string of the molecule is C=C1C[C@]23C[C@H]1[C@@H](O[Si](C)(C)C)CC2[C@@]12CC[C@H](O[Si](C)(C)C)C(C)(C(=O)O1)C2[C@@H]3C(=O)OC.